The fourth-order valence-corrected chi connectivity index (χ4v) is 2.37. The van der Waals surface area contributed by atoms with Gasteiger partial charge in [-0.3, -0.25) is 19.5 Å². The molecule has 0 bridgehead atoms. The highest BCUT2D eigenvalue weighted by Gasteiger charge is 2.34. The molecule has 1 aromatic carbocycles. The Balaban J connectivity index is 0.00000127. The summed E-state index contributed by atoms with van der Waals surface area (Å²) in [6.07, 6.45) is 2.58. The average molecular weight is 317 g/mol. The predicted molar refractivity (Wildman–Crippen MR) is 94.1 cm³/mol. The lowest BCUT2D eigenvalue weighted by Gasteiger charge is -2.19. The largest absolute Gasteiger partial charge is 0.363 e. The molecule has 0 fully saturated rings. The van der Waals surface area contributed by atoms with Crippen LogP contribution in [0.1, 0.15) is 54.8 Å². The maximum absolute atomic E-state index is 12.2. The lowest BCUT2D eigenvalue weighted by Crippen LogP contribution is -2.33. The zero-order valence-corrected chi connectivity index (χ0v) is 14.6. The van der Waals surface area contributed by atoms with Crippen molar-refractivity contribution in [3.63, 3.8) is 0 Å². The van der Waals surface area contributed by atoms with E-state index in [1.54, 1.807) is 24.3 Å². The van der Waals surface area contributed by atoms with Gasteiger partial charge in [0, 0.05) is 26.2 Å². The molecule has 0 aromatic heterocycles. The molecule has 0 atom stereocenters. The van der Waals surface area contributed by atoms with Gasteiger partial charge >= 0.3 is 0 Å². The molecule has 0 spiro atoms. The van der Waals surface area contributed by atoms with E-state index in [9.17, 15) is 9.59 Å². The highest BCUT2D eigenvalue weighted by molar-refractivity contribution is 6.21. The second kappa shape index (κ2) is 9.77. The van der Waals surface area contributed by atoms with Crippen LogP contribution in [0.15, 0.2) is 29.3 Å². The van der Waals surface area contributed by atoms with Gasteiger partial charge in [0.15, 0.2) is 0 Å². The van der Waals surface area contributed by atoms with Gasteiger partial charge in [-0.2, -0.15) is 0 Å². The highest BCUT2D eigenvalue weighted by Crippen LogP contribution is 2.22. The van der Waals surface area contributed by atoms with Crippen molar-refractivity contribution in [2.24, 2.45) is 4.99 Å². The Hall–Kier alpha value is -2.17. The van der Waals surface area contributed by atoms with E-state index < -0.39 is 0 Å². The molecule has 0 saturated carbocycles. The van der Waals surface area contributed by atoms with Crippen molar-refractivity contribution in [1.82, 2.24) is 9.80 Å². The minimum atomic E-state index is -0.180. The Morgan fingerprint density at radius 1 is 1.09 bits per heavy atom. The van der Waals surface area contributed by atoms with E-state index >= 15 is 0 Å². The number of fused-ring (bicyclic) bond motifs is 1. The molecule has 1 heterocycles. The molecular formula is C18H27N3O2. The number of carbonyl (C=O) groups excluding carboxylic acids is 2. The number of aliphatic imine (C=N–C) groups is 1. The lowest BCUT2D eigenvalue weighted by atomic mass is 10.1. The van der Waals surface area contributed by atoms with Gasteiger partial charge in [0.2, 0.25) is 0 Å². The molecule has 1 aromatic rings. The molecule has 0 unspecified atom stereocenters. The van der Waals surface area contributed by atoms with Crippen LogP contribution in [-0.4, -0.2) is 54.1 Å². The van der Waals surface area contributed by atoms with E-state index in [-0.39, 0.29) is 11.8 Å². The Labute approximate surface area is 139 Å². The summed E-state index contributed by atoms with van der Waals surface area (Å²) in [4.78, 5) is 32.0. The minimum Gasteiger partial charge on any atom is -0.363 e. The topological polar surface area (TPSA) is 53.0 Å². The summed E-state index contributed by atoms with van der Waals surface area (Å²) in [5.74, 6) is -0.359. The summed E-state index contributed by atoms with van der Waals surface area (Å²) in [5.41, 5.74) is 1.03. The van der Waals surface area contributed by atoms with Crippen molar-refractivity contribution in [2.45, 2.75) is 34.1 Å². The van der Waals surface area contributed by atoms with Crippen molar-refractivity contribution < 1.29 is 9.59 Å². The van der Waals surface area contributed by atoms with Gasteiger partial charge < -0.3 is 4.90 Å². The molecule has 5 heteroatoms. The van der Waals surface area contributed by atoms with Crippen LogP contribution in [0, 0.1) is 0 Å². The van der Waals surface area contributed by atoms with Crippen molar-refractivity contribution in [1.29, 1.82) is 0 Å². The smallest absolute Gasteiger partial charge is 0.261 e. The third-order valence-electron chi connectivity index (χ3n) is 3.54. The SMILES string of the molecule is CC.CCN=CN(CC)CCCN1C(=O)c2ccccc2C1=O. The fraction of sp³-hybridized carbons (Fsp3) is 0.500. The standard InChI is InChI=1S/C16H21N3O2.C2H6/c1-3-17-12-18(4-2)10-7-11-19-15(20)13-8-5-6-9-14(13)16(19)21;1-2/h5-6,8-9,12H,3-4,7,10-11H2,1-2H3;1-2H3. The molecule has 23 heavy (non-hydrogen) atoms. The number of amides is 2. The molecule has 5 nitrogen and oxygen atoms in total. The van der Waals surface area contributed by atoms with Crippen molar-refractivity contribution in [3.8, 4) is 0 Å². The summed E-state index contributed by atoms with van der Waals surface area (Å²) in [5, 5.41) is 0. The minimum absolute atomic E-state index is 0.180. The van der Waals surface area contributed by atoms with Crippen molar-refractivity contribution >= 4 is 18.2 Å². The van der Waals surface area contributed by atoms with Crippen LogP contribution in [-0.2, 0) is 0 Å². The summed E-state index contributed by atoms with van der Waals surface area (Å²) in [6.45, 7) is 10.9. The molecule has 0 radical (unpaired) electrons. The quantitative estimate of drug-likeness (QED) is 0.441. The van der Waals surface area contributed by atoms with Crippen LogP contribution >= 0.6 is 0 Å². The zero-order valence-electron chi connectivity index (χ0n) is 14.6. The van der Waals surface area contributed by atoms with Crippen LogP contribution in [0.4, 0.5) is 0 Å². The summed E-state index contributed by atoms with van der Waals surface area (Å²) < 4.78 is 0. The van der Waals surface area contributed by atoms with Gasteiger partial charge in [0.25, 0.3) is 11.8 Å². The van der Waals surface area contributed by atoms with Gasteiger partial charge in [0.1, 0.15) is 0 Å². The predicted octanol–water partition coefficient (Wildman–Crippen LogP) is 3.07. The van der Waals surface area contributed by atoms with Crippen molar-refractivity contribution in [2.75, 3.05) is 26.2 Å². The second-order valence-electron chi connectivity index (χ2n) is 4.90. The maximum Gasteiger partial charge on any atom is 0.261 e. The van der Waals surface area contributed by atoms with Crippen LogP contribution in [0.25, 0.3) is 0 Å². The van der Waals surface area contributed by atoms with E-state index in [2.05, 4.69) is 16.8 Å². The van der Waals surface area contributed by atoms with E-state index in [0.29, 0.717) is 17.7 Å². The van der Waals surface area contributed by atoms with E-state index in [4.69, 9.17) is 0 Å². The number of imide groups is 1. The van der Waals surface area contributed by atoms with Gasteiger partial charge in [-0.1, -0.05) is 26.0 Å². The molecule has 126 valence electrons. The molecule has 0 aliphatic carbocycles. The van der Waals surface area contributed by atoms with E-state index in [1.165, 1.54) is 4.90 Å². The third-order valence-corrected chi connectivity index (χ3v) is 3.54. The Kier molecular flexibility index (Phi) is 8.02. The molecule has 2 rings (SSSR count). The average Bonchev–Trinajstić information content (AvgIpc) is 2.84. The molecule has 1 aliphatic heterocycles. The molecule has 1 aliphatic rings. The first-order chi connectivity index (χ1) is 11.2. The van der Waals surface area contributed by atoms with Crippen molar-refractivity contribution in [3.05, 3.63) is 35.4 Å². The van der Waals surface area contributed by atoms with Gasteiger partial charge in [0.05, 0.1) is 17.5 Å². The number of carbonyl (C=O) groups is 2. The zero-order chi connectivity index (χ0) is 17.2. The number of hydrogen-bond donors (Lipinski definition) is 0. The molecule has 0 N–H and O–H groups in total. The molecule has 2 amide bonds. The Morgan fingerprint density at radius 2 is 1.65 bits per heavy atom. The van der Waals surface area contributed by atoms with Crippen LogP contribution in [0.5, 0.6) is 0 Å². The van der Waals surface area contributed by atoms with Gasteiger partial charge in [-0.15, -0.1) is 0 Å². The van der Waals surface area contributed by atoms with E-state index in [1.807, 2.05) is 27.1 Å². The number of nitrogens with zero attached hydrogens (tertiary/aromatic N) is 3. The summed E-state index contributed by atoms with van der Waals surface area (Å²) in [7, 11) is 0. The monoisotopic (exact) mass is 317 g/mol. The lowest BCUT2D eigenvalue weighted by molar-refractivity contribution is 0.0650. The number of benzene rings is 1. The first-order valence-electron chi connectivity index (χ1n) is 8.38. The highest BCUT2D eigenvalue weighted by atomic mass is 16.2. The summed E-state index contributed by atoms with van der Waals surface area (Å²) >= 11 is 0. The first-order valence-corrected chi connectivity index (χ1v) is 8.38. The molecular weight excluding hydrogens is 290 g/mol. The normalized spacial score (nSPS) is 13.1. The summed E-state index contributed by atoms with van der Waals surface area (Å²) in [6, 6.07) is 6.99. The second-order valence-corrected chi connectivity index (χ2v) is 4.90. The number of hydrogen-bond acceptors (Lipinski definition) is 3. The van der Waals surface area contributed by atoms with Gasteiger partial charge in [-0.05, 0) is 32.4 Å². The fourth-order valence-electron chi connectivity index (χ4n) is 2.37. The number of rotatable bonds is 7. The molecule has 0 saturated heterocycles. The van der Waals surface area contributed by atoms with Crippen LogP contribution in [0.2, 0.25) is 0 Å². The van der Waals surface area contributed by atoms with Gasteiger partial charge in [-0.25, -0.2) is 0 Å². The Morgan fingerprint density at radius 3 is 2.13 bits per heavy atom. The first kappa shape index (κ1) is 18.9. The third kappa shape index (κ3) is 4.65. The van der Waals surface area contributed by atoms with Crippen LogP contribution in [0.3, 0.4) is 0 Å². The van der Waals surface area contributed by atoms with Crippen LogP contribution < -0.4 is 0 Å². The van der Waals surface area contributed by atoms with E-state index in [0.717, 1.165) is 26.1 Å². The Bertz CT molecular complexity index is 520. The maximum atomic E-state index is 12.2.